The number of rotatable bonds is 3. The maximum atomic E-state index is 14.1. The highest BCUT2D eigenvalue weighted by atomic mass is 35.5. The van der Waals surface area contributed by atoms with Crippen molar-refractivity contribution >= 4 is 22.4 Å². The number of nitrogens with two attached hydrogens (primary N) is 1. The Labute approximate surface area is 147 Å². The van der Waals surface area contributed by atoms with Gasteiger partial charge in [-0.1, -0.05) is 42.5 Å². The molecule has 1 heterocycles. The van der Waals surface area contributed by atoms with Crippen LogP contribution in [0.25, 0.3) is 0 Å². The fourth-order valence-corrected chi connectivity index (χ4v) is 4.89. The van der Waals surface area contributed by atoms with Crippen LogP contribution in [0.2, 0.25) is 0 Å². The van der Waals surface area contributed by atoms with E-state index in [1.54, 1.807) is 13.0 Å². The molecule has 2 aromatic carbocycles. The zero-order chi connectivity index (χ0) is 16.6. The van der Waals surface area contributed by atoms with Gasteiger partial charge in [-0.2, -0.15) is 4.31 Å². The van der Waals surface area contributed by atoms with Crippen molar-refractivity contribution in [3.63, 3.8) is 0 Å². The highest BCUT2D eigenvalue weighted by Crippen LogP contribution is 2.32. The third kappa shape index (κ3) is 3.32. The van der Waals surface area contributed by atoms with E-state index in [-0.39, 0.29) is 42.4 Å². The number of benzene rings is 2. The predicted octanol–water partition coefficient (Wildman–Crippen LogP) is 2.67. The van der Waals surface area contributed by atoms with Crippen molar-refractivity contribution in [2.24, 2.45) is 5.73 Å². The lowest BCUT2D eigenvalue weighted by Crippen LogP contribution is -2.33. The first-order chi connectivity index (χ1) is 10.9. The van der Waals surface area contributed by atoms with Crippen molar-refractivity contribution in [1.82, 2.24) is 4.31 Å². The summed E-state index contributed by atoms with van der Waals surface area (Å²) in [6, 6.07) is 13.6. The fourth-order valence-electron chi connectivity index (χ4n) is 3.11. The third-order valence-corrected chi connectivity index (χ3v) is 6.33. The molecule has 0 unspecified atom stereocenters. The Bertz CT molecular complexity index is 794. The molecule has 4 nitrogen and oxygen atoms in total. The summed E-state index contributed by atoms with van der Waals surface area (Å²) in [7, 11) is -3.90. The van der Waals surface area contributed by atoms with E-state index >= 15 is 0 Å². The maximum Gasteiger partial charge on any atom is 0.246 e. The van der Waals surface area contributed by atoms with Gasteiger partial charge in [-0.25, -0.2) is 12.8 Å². The largest absolute Gasteiger partial charge is 0.326 e. The standard InChI is InChI=1S/C17H19FN2O2S.ClH/c1-12-6-5-9-15(18)17(12)23(21,22)20-10-14(16(19)11-20)13-7-3-2-4-8-13;/h2-9,14,16H,10-11,19H2,1H3;1H/t14-,16+;/m0./s1. The van der Waals surface area contributed by atoms with Crippen molar-refractivity contribution < 1.29 is 12.8 Å². The van der Waals surface area contributed by atoms with Crippen molar-refractivity contribution in [2.45, 2.75) is 23.8 Å². The predicted molar refractivity (Wildman–Crippen MR) is 94.3 cm³/mol. The number of sulfonamides is 1. The number of nitrogens with zero attached hydrogens (tertiary/aromatic N) is 1. The summed E-state index contributed by atoms with van der Waals surface area (Å²) in [5.41, 5.74) is 7.56. The molecule has 130 valence electrons. The summed E-state index contributed by atoms with van der Waals surface area (Å²) in [6.07, 6.45) is 0. The first kappa shape index (κ1) is 18.9. The summed E-state index contributed by atoms with van der Waals surface area (Å²) < 4.78 is 41.0. The van der Waals surface area contributed by atoms with E-state index in [9.17, 15) is 12.8 Å². The lowest BCUT2D eigenvalue weighted by molar-refractivity contribution is 0.462. The minimum Gasteiger partial charge on any atom is -0.326 e. The first-order valence-corrected chi connectivity index (χ1v) is 8.91. The van der Waals surface area contributed by atoms with E-state index in [2.05, 4.69) is 0 Å². The van der Waals surface area contributed by atoms with Gasteiger partial charge >= 0.3 is 0 Å². The Kier molecular flexibility index (Phi) is 5.65. The highest BCUT2D eigenvalue weighted by molar-refractivity contribution is 7.89. The number of halogens is 2. The molecular weight excluding hydrogens is 351 g/mol. The molecule has 1 aliphatic rings. The maximum absolute atomic E-state index is 14.1. The molecule has 24 heavy (non-hydrogen) atoms. The van der Waals surface area contributed by atoms with Crippen LogP contribution in [-0.2, 0) is 10.0 Å². The summed E-state index contributed by atoms with van der Waals surface area (Å²) >= 11 is 0. The third-order valence-electron chi connectivity index (χ3n) is 4.32. The van der Waals surface area contributed by atoms with Crippen LogP contribution in [0.3, 0.4) is 0 Å². The lowest BCUT2D eigenvalue weighted by atomic mass is 9.95. The molecule has 0 spiro atoms. The lowest BCUT2D eigenvalue weighted by Gasteiger charge is -2.18. The van der Waals surface area contributed by atoms with Crippen molar-refractivity contribution in [3.05, 3.63) is 65.5 Å². The zero-order valence-electron chi connectivity index (χ0n) is 13.2. The molecule has 2 N–H and O–H groups in total. The Balaban J connectivity index is 0.00000208. The molecular formula is C17H20ClFN2O2S. The van der Waals surface area contributed by atoms with Crippen LogP contribution < -0.4 is 5.73 Å². The number of hydrogen-bond donors (Lipinski definition) is 1. The molecule has 0 radical (unpaired) electrons. The molecule has 1 saturated heterocycles. The molecule has 7 heteroatoms. The molecule has 1 aliphatic heterocycles. The van der Waals surface area contributed by atoms with Gasteiger partial charge in [0, 0.05) is 25.0 Å². The van der Waals surface area contributed by atoms with Crippen molar-refractivity contribution in [3.8, 4) is 0 Å². The van der Waals surface area contributed by atoms with E-state index in [0.717, 1.165) is 5.56 Å². The Morgan fingerprint density at radius 3 is 2.38 bits per heavy atom. The Hall–Kier alpha value is -1.47. The van der Waals surface area contributed by atoms with Gasteiger partial charge in [-0.05, 0) is 24.1 Å². The summed E-state index contributed by atoms with van der Waals surface area (Å²) in [5, 5.41) is 0. The second-order valence-corrected chi connectivity index (χ2v) is 7.76. The van der Waals surface area contributed by atoms with Crippen LogP contribution in [-0.4, -0.2) is 31.9 Å². The SMILES string of the molecule is Cc1cccc(F)c1S(=O)(=O)N1C[C@@H](N)[C@H](c2ccccc2)C1.Cl. The zero-order valence-corrected chi connectivity index (χ0v) is 14.9. The van der Waals surface area contributed by atoms with Gasteiger partial charge in [0.05, 0.1) is 0 Å². The van der Waals surface area contributed by atoms with Gasteiger partial charge in [0.1, 0.15) is 10.7 Å². The molecule has 3 rings (SSSR count). The van der Waals surface area contributed by atoms with Crippen LogP contribution in [0.4, 0.5) is 4.39 Å². The molecule has 0 saturated carbocycles. The Morgan fingerprint density at radius 2 is 1.75 bits per heavy atom. The van der Waals surface area contributed by atoms with Crippen LogP contribution in [0.5, 0.6) is 0 Å². The van der Waals surface area contributed by atoms with Crippen LogP contribution in [0, 0.1) is 12.7 Å². The molecule has 2 atom stereocenters. The molecule has 1 fully saturated rings. The smallest absolute Gasteiger partial charge is 0.246 e. The average Bonchev–Trinajstić information content (AvgIpc) is 2.90. The minimum absolute atomic E-state index is 0. The molecule has 2 aromatic rings. The van der Waals surface area contributed by atoms with E-state index in [1.807, 2.05) is 30.3 Å². The monoisotopic (exact) mass is 370 g/mol. The van der Waals surface area contributed by atoms with Gasteiger partial charge in [-0.15, -0.1) is 12.4 Å². The van der Waals surface area contributed by atoms with Gasteiger partial charge in [0.2, 0.25) is 10.0 Å². The number of hydrogen-bond acceptors (Lipinski definition) is 3. The average molecular weight is 371 g/mol. The van der Waals surface area contributed by atoms with E-state index in [0.29, 0.717) is 5.56 Å². The topological polar surface area (TPSA) is 63.4 Å². The second kappa shape index (κ2) is 7.19. The van der Waals surface area contributed by atoms with Gasteiger partial charge < -0.3 is 5.73 Å². The Morgan fingerprint density at radius 1 is 1.08 bits per heavy atom. The van der Waals surface area contributed by atoms with E-state index in [1.165, 1.54) is 16.4 Å². The van der Waals surface area contributed by atoms with E-state index in [4.69, 9.17) is 5.73 Å². The van der Waals surface area contributed by atoms with Crippen molar-refractivity contribution in [2.75, 3.05) is 13.1 Å². The molecule has 0 amide bonds. The van der Waals surface area contributed by atoms with Gasteiger partial charge in [0.25, 0.3) is 0 Å². The van der Waals surface area contributed by atoms with Gasteiger partial charge in [-0.3, -0.25) is 0 Å². The van der Waals surface area contributed by atoms with E-state index < -0.39 is 15.8 Å². The summed E-state index contributed by atoms with van der Waals surface area (Å²) in [4.78, 5) is -0.249. The molecule has 0 aliphatic carbocycles. The first-order valence-electron chi connectivity index (χ1n) is 7.47. The van der Waals surface area contributed by atoms with Crippen molar-refractivity contribution in [1.29, 1.82) is 0 Å². The number of aryl methyl sites for hydroxylation is 1. The van der Waals surface area contributed by atoms with Crippen LogP contribution >= 0.6 is 12.4 Å². The second-order valence-electron chi connectivity index (χ2n) is 5.89. The quantitative estimate of drug-likeness (QED) is 0.903. The summed E-state index contributed by atoms with van der Waals surface area (Å²) in [6.45, 7) is 2.05. The normalized spacial score (nSPS) is 21.5. The minimum atomic E-state index is -3.90. The molecule has 0 bridgehead atoms. The molecule has 0 aromatic heterocycles. The van der Waals surface area contributed by atoms with Crippen LogP contribution in [0.1, 0.15) is 17.0 Å². The van der Waals surface area contributed by atoms with Gasteiger partial charge in [0.15, 0.2) is 0 Å². The fraction of sp³-hybridized carbons (Fsp3) is 0.294. The van der Waals surface area contributed by atoms with Crippen LogP contribution in [0.15, 0.2) is 53.4 Å². The summed E-state index contributed by atoms with van der Waals surface area (Å²) in [5.74, 6) is -0.806. The highest BCUT2D eigenvalue weighted by Gasteiger charge is 2.39.